The zero-order chi connectivity index (χ0) is 13.3. The van der Waals surface area contributed by atoms with E-state index in [1.54, 1.807) is 6.07 Å². The van der Waals surface area contributed by atoms with Crippen LogP contribution in [0.25, 0.3) is 0 Å². The lowest BCUT2D eigenvalue weighted by molar-refractivity contribution is 0.103. The second kappa shape index (κ2) is 5.81. The van der Waals surface area contributed by atoms with E-state index in [-0.39, 0.29) is 5.91 Å². The van der Waals surface area contributed by atoms with Crippen LogP contribution in [0, 0.1) is 6.92 Å². The van der Waals surface area contributed by atoms with Crippen LogP contribution < -0.4 is 5.32 Å². The van der Waals surface area contributed by atoms with Gasteiger partial charge in [-0.3, -0.25) is 10.1 Å². The quantitative estimate of drug-likeness (QED) is 0.786. The van der Waals surface area contributed by atoms with Gasteiger partial charge >= 0.3 is 0 Å². The first-order valence-electron chi connectivity index (χ1n) is 5.23. The van der Waals surface area contributed by atoms with Gasteiger partial charge in [-0.1, -0.05) is 6.92 Å². The predicted octanol–water partition coefficient (Wildman–Crippen LogP) is 4.85. The van der Waals surface area contributed by atoms with Gasteiger partial charge in [-0.15, -0.1) is 22.7 Å². The molecule has 0 saturated carbocycles. The second-order valence-corrected chi connectivity index (χ2v) is 7.99. The smallest absolute Gasteiger partial charge is 0.267 e. The minimum absolute atomic E-state index is 0.122. The van der Waals surface area contributed by atoms with E-state index in [4.69, 9.17) is 0 Å². The van der Waals surface area contributed by atoms with E-state index in [1.165, 1.54) is 22.7 Å². The summed E-state index contributed by atoms with van der Waals surface area (Å²) in [4.78, 5) is 18.2. The number of amides is 1. The van der Waals surface area contributed by atoms with E-state index >= 15 is 0 Å². The second-order valence-electron chi connectivity index (χ2n) is 3.56. The fourth-order valence-electron chi connectivity index (χ4n) is 1.43. The molecule has 2 aromatic heterocycles. The minimum atomic E-state index is -0.122. The molecule has 0 aromatic carbocycles. The van der Waals surface area contributed by atoms with Crippen LogP contribution in [0.5, 0.6) is 0 Å². The van der Waals surface area contributed by atoms with Crippen molar-refractivity contribution in [3.8, 4) is 0 Å². The van der Waals surface area contributed by atoms with E-state index in [1.807, 2.05) is 6.92 Å². The Labute approximate surface area is 130 Å². The Morgan fingerprint density at radius 3 is 2.67 bits per heavy atom. The third kappa shape index (κ3) is 3.01. The van der Waals surface area contributed by atoms with Crippen LogP contribution in [-0.2, 0) is 6.42 Å². The van der Waals surface area contributed by atoms with Crippen LogP contribution in [-0.4, -0.2) is 10.9 Å². The summed E-state index contributed by atoms with van der Waals surface area (Å²) in [5.74, 6) is -0.122. The number of thiophene rings is 1. The molecule has 1 N–H and O–H groups in total. The zero-order valence-corrected chi connectivity index (χ0v) is 14.5. The summed E-state index contributed by atoms with van der Waals surface area (Å²) in [5.41, 5.74) is 1.05. The van der Waals surface area contributed by atoms with Crippen molar-refractivity contribution in [3.63, 3.8) is 0 Å². The van der Waals surface area contributed by atoms with Gasteiger partial charge in [0.05, 0.1) is 14.4 Å². The van der Waals surface area contributed by atoms with E-state index in [9.17, 15) is 4.79 Å². The highest BCUT2D eigenvalue weighted by atomic mass is 79.9. The Balaban J connectivity index is 2.15. The molecule has 0 atom stereocenters. The molecule has 0 aliphatic rings. The molecule has 0 fully saturated rings. The molecule has 96 valence electrons. The van der Waals surface area contributed by atoms with Crippen LogP contribution in [0.3, 0.4) is 0 Å². The van der Waals surface area contributed by atoms with E-state index in [0.717, 1.165) is 25.3 Å². The molecule has 1 amide bonds. The molecule has 18 heavy (non-hydrogen) atoms. The van der Waals surface area contributed by atoms with Crippen LogP contribution in [0.4, 0.5) is 5.13 Å². The molecule has 3 nitrogen and oxygen atoms in total. The number of hydrogen-bond donors (Lipinski definition) is 1. The molecule has 0 aliphatic heterocycles. The first kappa shape index (κ1) is 14.2. The van der Waals surface area contributed by atoms with Crippen molar-refractivity contribution < 1.29 is 4.79 Å². The van der Waals surface area contributed by atoms with Gasteiger partial charge in [-0.25, -0.2) is 4.98 Å². The Hall–Kier alpha value is -0.240. The van der Waals surface area contributed by atoms with Crippen molar-refractivity contribution in [2.75, 3.05) is 5.32 Å². The Bertz CT molecular complexity index is 572. The summed E-state index contributed by atoms with van der Waals surface area (Å²) >= 11 is 9.65. The summed E-state index contributed by atoms with van der Waals surface area (Å²) in [7, 11) is 0. The molecule has 0 bridgehead atoms. The van der Waals surface area contributed by atoms with Crippen molar-refractivity contribution in [3.05, 3.63) is 29.8 Å². The zero-order valence-electron chi connectivity index (χ0n) is 9.71. The number of aromatic nitrogens is 1. The van der Waals surface area contributed by atoms with Crippen LogP contribution in [0.15, 0.2) is 14.3 Å². The number of anilines is 1. The summed E-state index contributed by atoms with van der Waals surface area (Å²) in [5, 5.41) is 3.49. The highest BCUT2D eigenvalue weighted by Gasteiger charge is 2.14. The lowest BCUT2D eigenvalue weighted by Crippen LogP contribution is -2.09. The van der Waals surface area contributed by atoms with Crippen LogP contribution in [0.1, 0.15) is 27.2 Å². The predicted molar refractivity (Wildman–Crippen MR) is 83.9 cm³/mol. The number of carbonyl (C=O) groups excluding carboxylic acids is 1. The van der Waals surface area contributed by atoms with Gasteiger partial charge in [0.1, 0.15) is 0 Å². The molecule has 2 rings (SSSR count). The SMILES string of the molecule is CCc1nc(NC(=O)c2cc(Br)c(Br)s2)sc1C. The minimum Gasteiger partial charge on any atom is -0.297 e. The number of aryl methyl sites for hydroxylation is 2. The maximum absolute atomic E-state index is 12.0. The number of nitrogens with zero attached hydrogens (tertiary/aromatic N) is 1. The molecule has 2 aromatic rings. The van der Waals surface area contributed by atoms with Gasteiger partial charge in [0, 0.05) is 9.35 Å². The van der Waals surface area contributed by atoms with E-state index < -0.39 is 0 Å². The number of rotatable bonds is 3. The highest BCUT2D eigenvalue weighted by molar-refractivity contribution is 9.13. The monoisotopic (exact) mass is 408 g/mol. The van der Waals surface area contributed by atoms with Gasteiger partial charge in [0.2, 0.25) is 0 Å². The molecule has 0 unspecified atom stereocenters. The van der Waals surface area contributed by atoms with Gasteiger partial charge in [-0.2, -0.15) is 0 Å². The first-order chi connectivity index (χ1) is 8.51. The molecular weight excluding hydrogens is 400 g/mol. The number of thiazole rings is 1. The van der Waals surface area contributed by atoms with Gasteiger partial charge < -0.3 is 0 Å². The first-order valence-corrected chi connectivity index (χ1v) is 8.45. The Morgan fingerprint density at radius 2 is 2.17 bits per heavy atom. The van der Waals surface area contributed by atoms with Crippen molar-refractivity contribution in [2.45, 2.75) is 20.3 Å². The largest absolute Gasteiger partial charge is 0.297 e. The van der Waals surface area contributed by atoms with Crippen molar-refractivity contribution in [2.24, 2.45) is 0 Å². The van der Waals surface area contributed by atoms with Crippen molar-refractivity contribution in [1.29, 1.82) is 0 Å². The van der Waals surface area contributed by atoms with Gasteiger partial charge in [0.15, 0.2) is 5.13 Å². The summed E-state index contributed by atoms with van der Waals surface area (Å²) in [6, 6.07) is 1.80. The average Bonchev–Trinajstić information content (AvgIpc) is 2.83. The van der Waals surface area contributed by atoms with Gasteiger partial charge in [-0.05, 0) is 51.3 Å². The molecule has 0 radical (unpaired) electrons. The average molecular weight is 410 g/mol. The maximum atomic E-state index is 12.0. The van der Waals surface area contributed by atoms with Gasteiger partial charge in [0.25, 0.3) is 5.91 Å². The van der Waals surface area contributed by atoms with E-state index in [0.29, 0.717) is 10.0 Å². The maximum Gasteiger partial charge on any atom is 0.267 e. The molecule has 2 heterocycles. The third-order valence-electron chi connectivity index (χ3n) is 2.32. The van der Waals surface area contributed by atoms with Crippen molar-refractivity contribution >= 4 is 65.6 Å². The number of hydrogen-bond acceptors (Lipinski definition) is 4. The van der Waals surface area contributed by atoms with E-state index in [2.05, 4.69) is 49.1 Å². The summed E-state index contributed by atoms with van der Waals surface area (Å²) in [6.45, 7) is 4.08. The molecule has 0 aliphatic carbocycles. The topological polar surface area (TPSA) is 42.0 Å². The van der Waals surface area contributed by atoms with Crippen LogP contribution in [0.2, 0.25) is 0 Å². The molecule has 7 heteroatoms. The third-order valence-corrected chi connectivity index (χ3v) is 6.50. The fourth-order valence-corrected chi connectivity index (χ4v) is 4.25. The standard InChI is InChI=1S/C11H10Br2N2OS2/c1-3-7-5(2)17-11(14-7)15-10(16)8-4-6(12)9(13)18-8/h4H,3H2,1-2H3,(H,14,15,16). The Morgan fingerprint density at radius 1 is 1.44 bits per heavy atom. The van der Waals surface area contributed by atoms with Crippen LogP contribution >= 0.6 is 54.5 Å². The Kier molecular flexibility index (Phi) is 4.58. The highest BCUT2D eigenvalue weighted by Crippen LogP contribution is 2.33. The number of halogens is 2. The normalized spacial score (nSPS) is 10.7. The summed E-state index contributed by atoms with van der Waals surface area (Å²) < 4.78 is 1.81. The summed E-state index contributed by atoms with van der Waals surface area (Å²) in [6.07, 6.45) is 0.883. The molecule has 0 spiro atoms. The molecular formula is C11H10Br2N2OS2. The number of carbonyl (C=O) groups is 1. The number of nitrogens with one attached hydrogen (secondary N) is 1. The lowest BCUT2D eigenvalue weighted by Gasteiger charge is -1.97. The lowest BCUT2D eigenvalue weighted by atomic mass is 10.3. The fraction of sp³-hybridized carbons (Fsp3) is 0.273. The molecule has 0 saturated heterocycles. The van der Waals surface area contributed by atoms with Crippen molar-refractivity contribution in [1.82, 2.24) is 4.98 Å².